The van der Waals surface area contributed by atoms with Crippen molar-refractivity contribution in [1.29, 1.82) is 0 Å². The summed E-state index contributed by atoms with van der Waals surface area (Å²) in [5, 5.41) is 12.2. The quantitative estimate of drug-likeness (QED) is 0.499. The topological polar surface area (TPSA) is 83.5 Å². The molecule has 0 atom stereocenters. The fourth-order valence-corrected chi connectivity index (χ4v) is 1.72. The van der Waals surface area contributed by atoms with Crippen LogP contribution in [0.3, 0.4) is 0 Å². The highest BCUT2D eigenvalue weighted by Crippen LogP contribution is 2.45. The molecule has 0 bridgehead atoms. The van der Waals surface area contributed by atoms with Crippen LogP contribution in [0, 0.1) is 5.41 Å². The number of aliphatic hydroxyl groups is 1. The Bertz CT molecular complexity index is 401. The molecule has 0 aliphatic heterocycles. The first-order valence-electron chi connectivity index (χ1n) is 6.29. The summed E-state index contributed by atoms with van der Waals surface area (Å²) in [6.07, 6.45) is 4.70. The molecule has 1 aliphatic rings. The number of nitrogens with one attached hydrogen (secondary N) is 1. The smallest absolute Gasteiger partial charge is 0.188 e. The van der Waals surface area contributed by atoms with Gasteiger partial charge in [0.05, 0.1) is 13.2 Å². The van der Waals surface area contributed by atoms with Crippen LogP contribution in [0.5, 0.6) is 0 Å². The number of aliphatic imine (C=N–C) groups is 1. The lowest BCUT2D eigenvalue weighted by atomic mass is 10.1. The van der Waals surface area contributed by atoms with Gasteiger partial charge in [0.15, 0.2) is 5.96 Å². The first kappa shape index (κ1) is 12.8. The molecule has 18 heavy (non-hydrogen) atoms. The van der Waals surface area contributed by atoms with Crippen LogP contribution < -0.4 is 11.1 Å². The molecule has 1 aromatic heterocycles. The lowest BCUT2D eigenvalue weighted by Crippen LogP contribution is -2.34. The van der Waals surface area contributed by atoms with Gasteiger partial charge in [0.1, 0.15) is 0 Å². The van der Waals surface area contributed by atoms with Gasteiger partial charge in [-0.3, -0.25) is 9.98 Å². The standard InChI is InChI=1S/C13H20N4O/c14-12(17-9-13(10-18)5-6-13)16-8-4-11-3-1-2-7-15-11/h1-3,7,18H,4-6,8-10H2,(H3,14,16,17). The van der Waals surface area contributed by atoms with E-state index in [0.717, 1.165) is 31.5 Å². The highest BCUT2D eigenvalue weighted by Gasteiger charge is 2.41. The van der Waals surface area contributed by atoms with E-state index in [1.807, 2.05) is 18.2 Å². The fourth-order valence-electron chi connectivity index (χ4n) is 1.72. The molecule has 0 unspecified atom stereocenters. The Kier molecular flexibility index (Phi) is 4.15. The van der Waals surface area contributed by atoms with Crippen LogP contribution in [0.2, 0.25) is 0 Å². The molecule has 0 spiro atoms. The number of pyridine rings is 1. The molecule has 0 saturated heterocycles. The zero-order chi connectivity index (χ0) is 12.8. The molecule has 0 aromatic carbocycles. The summed E-state index contributed by atoms with van der Waals surface area (Å²) >= 11 is 0. The molecular weight excluding hydrogens is 228 g/mol. The Labute approximate surface area is 107 Å². The third-order valence-corrected chi connectivity index (χ3v) is 3.29. The number of nitrogens with zero attached hydrogens (tertiary/aromatic N) is 2. The number of aliphatic hydroxyl groups excluding tert-OH is 1. The van der Waals surface area contributed by atoms with E-state index in [0.29, 0.717) is 12.5 Å². The predicted octanol–water partition coefficient (Wildman–Crippen LogP) is 0.301. The number of aromatic nitrogens is 1. The van der Waals surface area contributed by atoms with Crippen molar-refractivity contribution >= 4 is 5.96 Å². The largest absolute Gasteiger partial charge is 0.396 e. The van der Waals surface area contributed by atoms with Crippen molar-refractivity contribution in [2.75, 3.05) is 19.7 Å². The zero-order valence-electron chi connectivity index (χ0n) is 10.5. The summed E-state index contributed by atoms with van der Waals surface area (Å²) in [5.74, 6) is 0.450. The summed E-state index contributed by atoms with van der Waals surface area (Å²) in [6.45, 7) is 1.54. The Morgan fingerprint density at radius 3 is 2.94 bits per heavy atom. The minimum atomic E-state index is 0.0211. The van der Waals surface area contributed by atoms with Crippen molar-refractivity contribution in [3.63, 3.8) is 0 Å². The van der Waals surface area contributed by atoms with Gasteiger partial charge >= 0.3 is 0 Å². The van der Waals surface area contributed by atoms with E-state index in [-0.39, 0.29) is 12.0 Å². The van der Waals surface area contributed by atoms with Crippen LogP contribution in [0.15, 0.2) is 29.4 Å². The van der Waals surface area contributed by atoms with Crippen LogP contribution in [-0.4, -0.2) is 35.7 Å². The van der Waals surface area contributed by atoms with Gasteiger partial charge in [-0.05, 0) is 25.0 Å². The van der Waals surface area contributed by atoms with Gasteiger partial charge in [0.25, 0.3) is 0 Å². The van der Waals surface area contributed by atoms with Crippen molar-refractivity contribution in [3.05, 3.63) is 30.1 Å². The molecule has 1 aromatic rings. The van der Waals surface area contributed by atoms with Gasteiger partial charge in [-0.15, -0.1) is 0 Å². The second-order valence-corrected chi connectivity index (χ2v) is 4.86. The third kappa shape index (κ3) is 3.70. The maximum Gasteiger partial charge on any atom is 0.188 e. The summed E-state index contributed by atoms with van der Waals surface area (Å²) in [4.78, 5) is 8.49. The Hall–Kier alpha value is -1.62. The Balaban J connectivity index is 1.68. The van der Waals surface area contributed by atoms with Crippen molar-refractivity contribution < 1.29 is 5.11 Å². The lowest BCUT2D eigenvalue weighted by Gasteiger charge is -2.09. The monoisotopic (exact) mass is 248 g/mol. The minimum absolute atomic E-state index is 0.0211. The molecule has 5 heteroatoms. The van der Waals surface area contributed by atoms with Crippen molar-refractivity contribution in [1.82, 2.24) is 10.3 Å². The molecule has 4 N–H and O–H groups in total. The van der Waals surface area contributed by atoms with Gasteiger partial charge in [-0.1, -0.05) is 6.07 Å². The average Bonchev–Trinajstić information content (AvgIpc) is 3.18. The van der Waals surface area contributed by atoms with Crippen LogP contribution >= 0.6 is 0 Å². The van der Waals surface area contributed by atoms with E-state index in [4.69, 9.17) is 10.8 Å². The summed E-state index contributed by atoms with van der Waals surface area (Å²) in [5.41, 5.74) is 6.82. The normalized spacial score (nSPS) is 17.5. The van der Waals surface area contributed by atoms with Crippen LogP contribution in [0.1, 0.15) is 18.5 Å². The highest BCUT2D eigenvalue weighted by atomic mass is 16.3. The van der Waals surface area contributed by atoms with Crippen LogP contribution in [-0.2, 0) is 6.42 Å². The third-order valence-electron chi connectivity index (χ3n) is 3.29. The summed E-state index contributed by atoms with van der Waals surface area (Å²) in [7, 11) is 0. The van der Waals surface area contributed by atoms with E-state index in [9.17, 15) is 0 Å². The van der Waals surface area contributed by atoms with Gasteiger partial charge in [-0.25, -0.2) is 0 Å². The molecule has 0 amide bonds. The van der Waals surface area contributed by atoms with Crippen molar-refractivity contribution in [3.8, 4) is 0 Å². The average molecular weight is 248 g/mol. The van der Waals surface area contributed by atoms with E-state index >= 15 is 0 Å². The first-order chi connectivity index (χ1) is 8.74. The summed E-state index contributed by atoms with van der Waals surface area (Å²) < 4.78 is 0. The van der Waals surface area contributed by atoms with E-state index < -0.39 is 0 Å². The van der Waals surface area contributed by atoms with Crippen molar-refractivity contribution in [2.24, 2.45) is 16.1 Å². The van der Waals surface area contributed by atoms with E-state index in [2.05, 4.69) is 15.3 Å². The first-order valence-corrected chi connectivity index (χ1v) is 6.29. The second kappa shape index (κ2) is 5.82. The number of hydrogen-bond acceptors (Lipinski definition) is 3. The summed E-state index contributed by atoms with van der Waals surface area (Å²) in [6, 6.07) is 5.86. The van der Waals surface area contributed by atoms with Gasteiger partial charge in [-0.2, -0.15) is 0 Å². The molecule has 1 saturated carbocycles. The molecule has 98 valence electrons. The molecule has 1 aliphatic carbocycles. The maximum atomic E-state index is 9.16. The molecule has 1 fully saturated rings. The highest BCUT2D eigenvalue weighted by molar-refractivity contribution is 5.77. The molecule has 0 radical (unpaired) electrons. The predicted molar refractivity (Wildman–Crippen MR) is 71.2 cm³/mol. The van der Waals surface area contributed by atoms with Gasteiger partial charge < -0.3 is 16.2 Å². The number of rotatable bonds is 6. The van der Waals surface area contributed by atoms with Gasteiger partial charge in [0, 0.05) is 30.3 Å². The molecule has 2 rings (SSSR count). The molecule has 5 nitrogen and oxygen atoms in total. The number of nitrogens with two attached hydrogens (primary N) is 1. The van der Waals surface area contributed by atoms with Gasteiger partial charge in [0.2, 0.25) is 0 Å². The zero-order valence-corrected chi connectivity index (χ0v) is 10.5. The van der Waals surface area contributed by atoms with E-state index in [1.54, 1.807) is 6.20 Å². The number of guanidine groups is 1. The minimum Gasteiger partial charge on any atom is -0.396 e. The van der Waals surface area contributed by atoms with E-state index in [1.165, 1.54) is 0 Å². The SMILES string of the molecule is NC(=NCC1(CO)CC1)NCCc1ccccn1. The second-order valence-electron chi connectivity index (χ2n) is 4.86. The van der Waals surface area contributed by atoms with Crippen molar-refractivity contribution in [2.45, 2.75) is 19.3 Å². The van der Waals surface area contributed by atoms with Crippen LogP contribution in [0.4, 0.5) is 0 Å². The molecular formula is C13H20N4O. The molecule has 1 heterocycles. The maximum absolute atomic E-state index is 9.16. The Morgan fingerprint density at radius 1 is 1.50 bits per heavy atom. The fraction of sp³-hybridized carbons (Fsp3) is 0.538. The van der Waals surface area contributed by atoms with Crippen LogP contribution in [0.25, 0.3) is 0 Å². The Morgan fingerprint density at radius 2 is 2.33 bits per heavy atom. The lowest BCUT2D eigenvalue weighted by molar-refractivity contribution is 0.217. The number of hydrogen-bond donors (Lipinski definition) is 3.